The minimum Gasteiger partial charge on any atom is -0.496 e. The van der Waals surface area contributed by atoms with E-state index in [2.05, 4.69) is 5.32 Å². The van der Waals surface area contributed by atoms with Crippen LogP contribution >= 0.6 is 0 Å². The maximum Gasteiger partial charge on any atom is 0.257 e. The minimum absolute atomic E-state index is 0.0103. The summed E-state index contributed by atoms with van der Waals surface area (Å²) in [6.07, 6.45) is 1.57. The average Bonchev–Trinajstić information content (AvgIpc) is 2.72. The number of likely N-dealkylation sites (tertiary alicyclic amines) is 1. The molecule has 0 radical (unpaired) electrons. The third-order valence-electron chi connectivity index (χ3n) is 5.17. The number of nitrogens with zero attached hydrogens (tertiary/aromatic N) is 1. The van der Waals surface area contributed by atoms with Crippen LogP contribution in [0.3, 0.4) is 0 Å². The van der Waals surface area contributed by atoms with Gasteiger partial charge in [-0.3, -0.25) is 9.59 Å². The first kappa shape index (κ1) is 19.0. The molecule has 2 aromatic carbocycles. The third-order valence-corrected chi connectivity index (χ3v) is 5.17. The van der Waals surface area contributed by atoms with Gasteiger partial charge in [0.15, 0.2) is 0 Å². The van der Waals surface area contributed by atoms with Gasteiger partial charge in [-0.2, -0.15) is 0 Å². The number of ether oxygens (including phenoxy) is 1. The number of carbonyl (C=O) groups excluding carboxylic acids is 2. The van der Waals surface area contributed by atoms with E-state index in [9.17, 15) is 9.59 Å². The van der Waals surface area contributed by atoms with Crippen molar-refractivity contribution in [2.24, 2.45) is 5.41 Å². The van der Waals surface area contributed by atoms with Gasteiger partial charge in [-0.1, -0.05) is 42.5 Å². The van der Waals surface area contributed by atoms with Crippen molar-refractivity contribution in [2.45, 2.75) is 26.3 Å². The van der Waals surface area contributed by atoms with Gasteiger partial charge in [0, 0.05) is 19.6 Å². The van der Waals surface area contributed by atoms with Crippen LogP contribution in [0.1, 0.15) is 35.7 Å². The number of methoxy groups -OCH3 is 1. The number of carbonyl (C=O) groups is 2. The molecule has 1 saturated heterocycles. The molecule has 0 saturated carbocycles. The molecular weight excluding hydrogens is 340 g/mol. The molecule has 1 heterocycles. The Labute approximate surface area is 160 Å². The molecule has 1 atom stereocenters. The quantitative estimate of drug-likeness (QED) is 0.884. The number of piperidine rings is 1. The predicted molar refractivity (Wildman–Crippen MR) is 105 cm³/mol. The van der Waals surface area contributed by atoms with E-state index in [1.165, 1.54) is 0 Å². The average molecular weight is 366 g/mol. The number of amides is 2. The second kappa shape index (κ2) is 8.25. The molecule has 1 fully saturated rings. The summed E-state index contributed by atoms with van der Waals surface area (Å²) in [7, 11) is 1.56. The Hall–Kier alpha value is -2.82. The van der Waals surface area contributed by atoms with E-state index < -0.39 is 5.41 Å². The lowest BCUT2D eigenvalue weighted by atomic mass is 9.80. The van der Waals surface area contributed by atoms with E-state index in [1.807, 2.05) is 49.4 Å². The van der Waals surface area contributed by atoms with Crippen LogP contribution in [0.4, 0.5) is 0 Å². The summed E-state index contributed by atoms with van der Waals surface area (Å²) in [6, 6.07) is 17.1. The highest BCUT2D eigenvalue weighted by Crippen LogP contribution is 2.31. The van der Waals surface area contributed by atoms with Crippen molar-refractivity contribution in [3.63, 3.8) is 0 Å². The van der Waals surface area contributed by atoms with Gasteiger partial charge >= 0.3 is 0 Å². The van der Waals surface area contributed by atoms with E-state index in [1.54, 1.807) is 24.1 Å². The second-order valence-corrected chi connectivity index (χ2v) is 7.26. The number of hydrogen-bond acceptors (Lipinski definition) is 3. The summed E-state index contributed by atoms with van der Waals surface area (Å²) in [5.41, 5.74) is 1.01. The van der Waals surface area contributed by atoms with Gasteiger partial charge in [0.05, 0.1) is 18.1 Å². The lowest BCUT2D eigenvalue weighted by Crippen LogP contribution is -2.51. The molecule has 142 valence electrons. The predicted octanol–water partition coefficient (Wildman–Crippen LogP) is 3.25. The maximum absolute atomic E-state index is 13.0. The molecule has 5 nitrogen and oxygen atoms in total. The van der Waals surface area contributed by atoms with Crippen LogP contribution in [0.25, 0.3) is 0 Å². The molecule has 0 aliphatic carbocycles. The Morgan fingerprint density at radius 1 is 1.11 bits per heavy atom. The first-order valence-electron chi connectivity index (χ1n) is 9.28. The van der Waals surface area contributed by atoms with Gasteiger partial charge in [-0.05, 0) is 37.5 Å². The summed E-state index contributed by atoms with van der Waals surface area (Å²) in [5, 5.41) is 3.03. The van der Waals surface area contributed by atoms with Crippen molar-refractivity contribution in [2.75, 3.05) is 20.2 Å². The van der Waals surface area contributed by atoms with E-state index in [4.69, 9.17) is 4.74 Å². The Morgan fingerprint density at radius 2 is 1.81 bits per heavy atom. The van der Waals surface area contributed by atoms with Gasteiger partial charge < -0.3 is 15.0 Å². The first-order valence-corrected chi connectivity index (χ1v) is 9.28. The summed E-state index contributed by atoms with van der Waals surface area (Å²) < 4.78 is 5.32. The maximum atomic E-state index is 13.0. The van der Waals surface area contributed by atoms with Crippen molar-refractivity contribution in [3.8, 4) is 5.75 Å². The topological polar surface area (TPSA) is 58.6 Å². The summed E-state index contributed by atoms with van der Waals surface area (Å²) in [6.45, 7) is 3.49. The van der Waals surface area contributed by atoms with Crippen molar-refractivity contribution in [1.82, 2.24) is 10.2 Å². The van der Waals surface area contributed by atoms with Crippen LogP contribution in [-0.4, -0.2) is 36.9 Å². The summed E-state index contributed by atoms with van der Waals surface area (Å²) in [4.78, 5) is 27.6. The lowest BCUT2D eigenvalue weighted by molar-refractivity contribution is -0.132. The smallest absolute Gasteiger partial charge is 0.257 e. The molecule has 3 rings (SSSR count). The Kier molecular flexibility index (Phi) is 5.79. The fraction of sp³-hybridized carbons (Fsp3) is 0.364. The Morgan fingerprint density at radius 3 is 2.56 bits per heavy atom. The van der Waals surface area contributed by atoms with Crippen LogP contribution in [0.15, 0.2) is 54.6 Å². The third kappa shape index (κ3) is 4.30. The molecule has 0 spiro atoms. The molecule has 1 N–H and O–H groups in total. The molecular formula is C22H26N2O3. The monoisotopic (exact) mass is 366 g/mol. The van der Waals surface area contributed by atoms with E-state index in [0.717, 1.165) is 18.4 Å². The van der Waals surface area contributed by atoms with E-state index >= 15 is 0 Å². The standard InChI is InChI=1S/C22H26N2O3/c1-22(21(26)23-15-17-9-4-3-5-10-17)13-8-14-24(16-22)20(25)18-11-6-7-12-19(18)27-2/h3-7,9-12H,8,13-16H2,1-2H3,(H,23,26). The molecule has 0 bridgehead atoms. The Bertz CT molecular complexity index is 806. The normalized spacial score (nSPS) is 19.4. The number of rotatable bonds is 5. The first-order chi connectivity index (χ1) is 13.0. The van der Waals surface area contributed by atoms with Gasteiger partial charge in [-0.15, -0.1) is 0 Å². The second-order valence-electron chi connectivity index (χ2n) is 7.26. The zero-order valence-corrected chi connectivity index (χ0v) is 15.9. The SMILES string of the molecule is COc1ccccc1C(=O)N1CCCC(C)(C(=O)NCc2ccccc2)C1. The molecule has 0 aromatic heterocycles. The van der Waals surface area contributed by atoms with Crippen molar-refractivity contribution in [3.05, 3.63) is 65.7 Å². The highest BCUT2D eigenvalue weighted by molar-refractivity contribution is 5.97. The molecule has 1 unspecified atom stereocenters. The summed E-state index contributed by atoms with van der Waals surface area (Å²) in [5.74, 6) is 0.460. The van der Waals surface area contributed by atoms with Gasteiger partial charge in [0.2, 0.25) is 5.91 Å². The zero-order valence-electron chi connectivity index (χ0n) is 15.9. The minimum atomic E-state index is -0.593. The fourth-order valence-electron chi connectivity index (χ4n) is 3.58. The number of nitrogens with one attached hydrogen (secondary N) is 1. The van der Waals surface area contributed by atoms with Crippen LogP contribution in [0.2, 0.25) is 0 Å². The van der Waals surface area contributed by atoms with E-state index in [-0.39, 0.29) is 11.8 Å². The van der Waals surface area contributed by atoms with Gasteiger partial charge in [0.25, 0.3) is 5.91 Å². The highest BCUT2D eigenvalue weighted by atomic mass is 16.5. The van der Waals surface area contributed by atoms with E-state index in [0.29, 0.717) is 30.9 Å². The molecule has 2 amide bonds. The van der Waals surface area contributed by atoms with Crippen molar-refractivity contribution >= 4 is 11.8 Å². The lowest BCUT2D eigenvalue weighted by Gasteiger charge is -2.39. The van der Waals surface area contributed by atoms with Crippen molar-refractivity contribution < 1.29 is 14.3 Å². The van der Waals surface area contributed by atoms with Crippen molar-refractivity contribution in [1.29, 1.82) is 0 Å². The summed E-state index contributed by atoms with van der Waals surface area (Å²) >= 11 is 0. The molecule has 2 aromatic rings. The van der Waals surface area contributed by atoms with Crippen LogP contribution in [0.5, 0.6) is 5.75 Å². The van der Waals surface area contributed by atoms with Crippen LogP contribution in [0, 0.1) is 5.41 Å². The molecule has 5 heteroatoms. The van der Waals surface area contributed by atoms with Crippen LogP contribution < -0.4 is 10.1 Å². The highest BCUT2D eigenvalue weighted by Gasteiger charge is 2.39. The molecule has 1 aliphatic heterocycles. The van der Waals surface area contributed by atoms with Crippen LogP contribution in [-0.2, 0) is 11.3 Å². The largest absolute Gasteiger partial charge is 0.496 e. The molecule has 1 aliphatic rings. The van der Waals surface area contributed by atoms with Gasteiger partial charge in [0.1, 0.15) is 5.75 Å². The van der Waals surface area contributed by atoms with Gasteiger partial charge in [-0.25, -0.2) is 0 Å². The molecule has 27 heavy (non-hydrogen) atoms. The number of hydrogen-bond donors (Lipinski definition) is 1. The fourth-order valence-corrected chi connectivity index (χ4v) is 3.58. The number of benzene rings is 2. The number of para-hydroxylation sites is 1. The zero-order chi connectivity index (χ0) is 19.3. The Balaban J connectivity index is 1.68.